The summed E-state index contributed by atoms with van der Waals surface area (Å²) in [6, 6.07) is 0. The van der Waals surface area contributed by atoms with Gasteiger partial charge in [0.2, 0.25) is 5.91 Å². The summed E-state index contributed by atoms with van der Waals surface area (Å²) < 4.78 is 5.18. The topological polar surface area (TPSA) is 120 Å². The van der Waals surface area contributed by atoms with E-state index in [4.69, 9.17) is 28.4 Å². The Morgan fingerprint density at radius 1 is 1.50 bits per heavy atom. The van der Waals surface area contributed by atoms with Crippen LogP contribution in [0.5, 0.6) is 0 Å². The zero-order valence-electron chi connectivity index (χ0n) is 12.5. The molecule has 0 spiro atoms. The second-order valence-corrected chi connectivity index (χ2v) is 7.48. The van der Waals surface area contributed by atoms with Gasteiger partial charge in [0.1, 0.15) is 21.8 Å². The maximum Gasteiger partial charge on any atom is 0.408 e. The number of aromatic nitrogens is 1. The molecule has 2 unspecified atom stereocenters. The van der Waals surface area contributed by atoms with E-state index in [1.807, 2.05) is 0 Å². The number of carbonyl (C=O) groups excluding carboxylic acids is 2. The van der Waals surface area contributed by atoms with Crippen molar-refractivity contribution in [1.82, 2.24) is 10.3 Å². The predicted octanol–water partition coefficient (Wildman–Crippen LogP) is 1.01. The van der Waals surface area contributed by atoms with E-state index in [1.54, 1.807) is 26.2 Å². The largest absolute Gasteiger partial charge is 0.444 e. The minimum absolute atomic E-state index is 0.188. The third kappa shape index (κ3) is 3.36. The van der Waals surface area contributed by atoms with Crippen molar-refractivity contribution in [1.29, 1.82) is 0 Å². The number of nitrogens with two attached hydrogens (primary N) is 2. The fourth-order valence-electron chi connectivity index (χ4n) is 2.08. The Morgan fingerprint density at radius 2 is 2.14 bits per heavy atom. The van der Waals surface area contributed by atoms with E-state index >= 15 is 0 Å². The molecule has 9 heteroatoms. The van der Waals surface area contributed by atoms with Crippen LogP contribution in [0.25, 0.3) is 0 Å². The van der Waals surface area contributed by atoms with Gasteiger partial charge in [-0.2, -0.15) is 0 Å². The van der Waals surface area contributed by atoms with Crippen molar-refractivity contribution in [2.75, 3.05) is 0 Å². The van der Waals surface area contributed by atoms with E-state index in [1.165, 1.54) is 11.3 Å². The second kappa shape index (κ2) is 5.47. The summed E-state index contributed by atoms with van der Waals surface area (Å²) in [5, 5.41) is 4.96. The number of rotatable bonds is 4. The van der Waals surface area contributed by atoms with Crippen LogP contribution in [0.3, 0.4) is 0 Å². The lowest BCUT2D eigenvalue weighted by Gasteiger charge is -2.22. The molecule has 1 saturated carbocycles. The van der Waals surface area contributed by atoms with Gasteiger partial charge in [0.25, 0.3) is 0 Å². The molecule has 0 aliphatic heterocycles. The first-order valence-electron chi connectivity index (χ1n) is 6.61. The van der Waals surface area contributed by atoms with Crippen LogP contribution >= 0.6 is 23.6 Å². The number of ether oxygens (including phenoxy) is 1. The third-order valence-corrected chi connectivity index (χ3v) is 4.36. The van der Waals surface area contributed by atoms with Gasteiger partial charge in [-0.05, 0) is 27.2 Å². The number of nitrogens with zero attached hydrogens (tertiary/aromatic N) is 1. The van der Waals surface area contributed by atoms with Gasteiger partial charge in [-0.25, -0.2) is 9.78 Å². The number of hydrogen-bond acceptors (Lipinski definition) is 6. The Kier molecular flexibility index (Phi) is 4.14. The maximum atomic E-state index is 11.9. The molecule has 1 aliphatic carbocycles. The number of amides is 2. The van der Waals surface area contributed by atoms with Crippen molar-refractivity contribution in [3.63, 3.8) is 0 Å². The van der Waals surface area contributed by atoms with E-state index in [-0.39, 0.29) is 10.9 Å². The minimum atomic E-state index is -1.16. The Bertz CT molecular complexity index is 637. The van der Waals surface area contributed by atoms with Gasteiger partial charge < -0.3 is 21.5 Å². The van der Waals surface area contributed by atoms with Crippen LogP contribution in [0, 0.1) is 0 Å². The maximum absolute atomic E-state index is 11.9. The van der Waals surface area contributed by atoms with Crippen LogP contribution in [0.15, 0.2) is 5.38 Å². The molecule has 0 radical (unpaired) electrons. The fourth-order valence-corrected chi connectivity index (χ4v) is 3.27. The number of primary amides is 1. The van der Waals surface area contributed by atoms with Crippen molar-refractivity contribution in [2.24, 2.45) is 11.5 Å². The SMILES string of the molecule is CC(C)(C)OC(=O)NC1(C(N)=O)CC1c1nc(C(N)=S)cs1. The molecule has 2 amide bonds. The minimum Gasteiger partial charge on any atom is -0.444 e. The molecule has 2 rings (SSSR count). The first-order valence-corrected chi connectivity index (χ1v) is 7.90. The molecular weight excluding hydrogens is 324 g/mol. The number of alkyl carbamates (subject to hydrolysis) is 1. The van der Waals surface area contributed by atoms with Gasteiger partial charge in [0.05, 0.1) is 5.01 Å². The average Bonchev–Trinajstić information content (AvgIpc) is 2.85. The van der Waals surface area contributed by atoms with Crippen molar-refractivity contribution >= 4 is 40.5 Å². The molecule has 1 heterocycles. The summed E-state index contributed by atoms with van der Waals surface area (Å²) in [5.74, 6) is -0.902. The highest BCUT2D eigenvalue weighted by Gasteiger charge is 2.62. The monoisotopic (exact) mass is 342 g/mol. The van der Waals surface area contributed by atoms with Gasteiger partial charge >= 0.3 is 6.09 Å². The average molecular weight is 342 g/mol. The van der Waals surface area contributed by atoms with Gasteiger partial charge in [0.15, 0.2) is 0 Å². The molecule has 1 aromatic rings. The van der Waals surface area contributed by atoms with Crippen molar-refractivity contribution in [3.8, 4) is 0 Å². The molecule has 120 valence electrons. The number of hydrogen-bond donors (Lipinski definition) is 3. The number of thiazole rings is 1. The summed E-state index contributed by atoms with van der Waals surface area (Å²) in [4.78, 5) is 28.2. The van der Waals surface area contributed by atoms with E-state index in [0.29, 0.717) is 17.1 Å². The summed E-state index contributed by atoms with van der Waals surface area (Å²) in [6.07, 6.45) is -0.300. The Hall–Kier alpha value is -1.74. The zero-order valence-corrected chi connectivity index (χ0v) is 14.1. The van der Waals surface area contributed by atoms with E-state index in [9.17, 15) is 9.59 Å². The standard InChI is InChI=1S/C13H18N4O3S2/c1-12(2,3)20-11(19)17-13(10(15)18)4-6(13)9-16-7(5-22-9)8(14)21/h5-6H,4H2,1-3H3,(H2,14,21)(H2,15,18)(H,17,19). The molecule has 2 atom stereocenters. The molecule has 1 aliphatic rings. The van der Waals surface area contributed by atoms with Crippen molar-refractivity contribution in [3.05, 3.63) is 16.1 Å². The molecule has 22 heavy (non-hydrogen) atoms. The number of nitrogens with one attached hydrogen (secondary N) is 1. The van der Waals surface area contributed by atoms with E-state index < -0.39 is 23.1 Å². The first kappa shape index (κ1) is 16.6. The number of carbonyl (C=O) groups is 2. The van der Waals surface area contributed by atoms with Crippen LogP contribution in [0.4, 0.5) is 4.79 Å². The van der Waals surface area contributed by atoms with Gasteiger partial charge in [-0.3, -0.25) is 4.79 Å². The van der Waals surface area contributed by atoms with Crippen molar-refractivity contribution in [2.45, 2.75) is 44.2 Å². The van der Waals surface area contributed by atoms with Gasteiger partial charge in [0, 0.05) is 11.3 Å². The fraction of sp³-hybridized carbons (Fsp3) is 0.538. The highest BCUT2D eigenvalue weighted by Crippen LogP contribution is 2.52. The summed E-state index contributed by atoms with van der Waals surface area (Å²) in [7, 11) is 0. The Labute approximate surface area is 137 Å². The lowest BCUT2D eigenvalue weighted by Crippen LogP contribution is -2.49. The normalized spacial score (nSPS) is 23.7. The summed E-state index contributed by atoms with van der Waals surface area (Å²) in [5.41, 5.74) is 9.66. The van der Waals surface area contributed by atoms with Crippen LogP contribution in [-0.2, 0) is 9.53 Å². The van der Waals surface area contributed by atoms with E-state index in [0.717, 1.165) is 0 Å². The highest BCUT2D eigenvalue weighted by atomic mass is 32.1. The smallest absolute Gasteiger partial charge is 0.408 e. The molecule has 5 N–H and O–H groups in total. The van der Waals surface area contributed by atoms with E-state index in [2.05, 4.69) is 10.3 Å². The highest BCUT2D eigenvalue weighted by molar-refractivity contribution is 7.80. The molecule has 1 fully saturated rings. The molecule has 0 saturated heterocycles. The van der Waals surface area contributed by atoms with Crippen molar-refractivity contribution < 1.29 is 14.3 Å². The lowest BCUT2D eigenvalue weighted by molar-refractivity contribution is -0.121. The van der Waals surface area contributed by atoms with Crippen LogP contribution in [0.2, 0.25) is 0 Å². The van der Waals surface area contributed by atoms with Gasteiger partial charge in [-0.15, -0.1) is 11.3 Å². The molecule has 0 bridgehead atoms. The predicted molar refractivity (Wildman–Crippen MR) is 86.7 cm³/mol. The number of thiocarbonyl (C=S) groups is 1. The first-order chi connectivity index (χ1) is 10.0. The van der Waals surface area contributed by atoms with Crippen LogP contribution in [0.1, 0.15) is 43.8 Å². The Morgan fingerprint density at radius 3 is 2.59 bits per heavy atom. The zero-order chi connectivity index (χ0) is 16.7. The Balaban J connectivity index is 2.14. The second-order valence-electron chi connectivity index (χ2n) is 6.15. The summed E-state index contributed by atoms with van der Waals surface area (Å²) >= 11 is 6.19. The molecule has 1 aromatic heterocycles. The molecule has 7 nitrogen and oxygen atoms in total. The molecule has 0 aromatic carbocycles. The third-order valence-electron chi connectivity index (χ3n) is 3.20. The van der Waals surface area contributed by atoms with Crippen LogP contribution in [-0.4, -0.2) is 33.1 Å². The quantitative estimate of drug-likeness (QED) is 0.702. The summed E-state index contributed by atoms with van der Waals surface area (Å²) in [6.45, 7) is 5.22. The molecular formula is C13H18N4O3S2. The lowest BCUT2D eigenvalue weighted by atomic mass is 10.2. The van der Waals surface area contributed by atoms with Gasteiger partial charge in [-0.1, -0.05) is 12.2 Å². The van der Waals surface area contributed by atoms with Crippen LogP contribution < -0.4 is 16.8 Å².